The number of methoxy groups -OCH3 is 1. The fraction of sp³-hybridized carbons (Fsp3) is 0.333. The van der Waals surface area contributed by atoms with Gasteiger partial charge in [-0.3, -0.25) is 4.79 Å². The van der Waals surface area contributed by atoms with Crippen LogP contribution in [0.2, 0.25) is 5.02 Å². The Hall–Kier alpha value is -1.73. The maximum Gasteiger partial charge on any atom is 0.234 e. The summed E-state index contributed by atoms with van der Waals surface area (Å²) in [6, 6.07) is 7.27. The minimum atomic E-state index is -0.257. The first-order valence-electron chi connectivity index (χ1n) is 5.13. The van der Waals surface area contributed by atoms with Crippen molar-refractivity contribution in [3.05, 3.63) is 28.8 Å². The smallest absolute Gasteiger partial charge is 0.234 e. The summed E-state index contributed by atoms with van der Waals surface area (Å²) in [5.41, 5.74) is 1.01. The fourth-order valence-electron chi connectivity index (χ4n) is 1.35. The molecule has 1 aromatic rings. The highest BCUT2D eigenvalue weighted by atomic mass is 35.5. The molecule has 0 aromatic heterocycles. The first kappa shape index (κ1) is 13.3. The number of halogens is 1. The van der Waals surface area contributed by atoms with E-state index in [2.05, 4.69) is 5.32 Å². The number of hydrogen-bond acceptors (Lipinski definition) is 3. The maximum absolute atomic E-state index is 11.0. The number of nitrogens with zero attached hydrogens (tertiary/aromatic N) is 1. The Balaban J connectivity index is 2.45. The average molecular weight is 253 g/mol. The molecule has 90 valence electrons. The van der Waals surface area contributed by atoms with Gasteiger partial charge >= 0.3 is 0 Å². The number of amides is 1. The van der Waals surface area contributed by atoms with Crippen LogP contribution >= 0.6 is 11.6 Å². The molecule has 0 saturated heterocycles. The van der Waals surface area contributed by atoms with Gasteiger partial charge in [0.2, 0.25) is 5.91 Å². The Morgan fingerprint density at radius 1 is 1.59 bits per heavy atom. The van der Waals surface area contributed by atoms with Gasteiger partial charge in [0.15, 0.2) is 0 Å². The zero-order valence-corrected chi connectivity index (χ0v) is 10.3. The van der Waals surface area contributed by atoms with Crippen LogP contribution in [0.5, 0.6) is 5.75 Å². The van der Waals surface area contributed by atoms with E-state index in [1.54, 1.807) is 25.3 Å². The van der Waals surface area contributed by atoms with Gasteiger partial charge in [-0.15, -0.1) is 0 Å². The normalized spacial score (nSPS) is 9.47. The summed E-state index contributed by atoms with van der Waals surface area (Å²) in [5, 5.41) is 11.5. The lowest BCUT2D eigenvalue weighted by Gasteiger charge is -2.06. The van der Waals surface area contributed by atoms with Gasteiger partial charge in [-0.25, -0.2) is 0 Å². The number of nitrogens with one attached hydrogen (secondary N) is 1. The Morgan fingerprint density at radius 2 is 2.35 bits per heavy atom. The van der Waals surface area contributed by atoms with E-state index in [1.807, 2.05) is 6.07 Å². The monoisotopic (exact) mass is 252 g/mol. The van der Waals surface area contributed by atoms with Crippen LogP contribution in [-0.2, 0) is 11.2 Å². The maximum atomic E-state index is 11.0. The molecule has 5 heteroatoms. The van der Waals surface area contributed by atoms with Crippen LogP contribution in [0.3, 0.4) is 0 Å². The zero-order valence-electron chi connectivity index (χ0n) is 9.50. The van der Waals surface area contributed by atoms with Crippen molar-refractivity contribution in [3.8, 4) is 11.8 Å². The van der Waals surface area contributed by atoms with Crippen molar-refractivity contribution in [2.24, 2.45) is 0 Å². The van der Waals surface area contributed by atoms with Crippen molar-refractivity contribution in [1.29, 1.82) is 5.26 Å². The molecule has 1 aromatic carbocycles. The highest BCUT2D eigenvalue weighted by molar-refractivity contribution is 6.32. The molecule has 0 unspecified atom stereocenters. The molecule has 0 atom stereocenters. The van der Waals surface area contributed by atoms with E-state index >= 15 is 0 Å². The van der Waals surface area contributed by atoms with E-state index in [1.165, 1.54) is 0 Å². The SMILES string of the molecule is COc1ccc(CCNC(=O)CC#N)cc1Cl. The molecule has 0 saturated carbocycles. The van der Waals surface area contributed by atoms with E-state index in [0.29, 0.717) is 23.7 Å². The van der Waals surface area contributed by atoms with E-state index < -0.39 is 0 Å². The number of carbonyl (C=O) groups excluding carboxylic acids is 1. The van der Waals surface area contributed by atoms with Gasteiger partial charge in [-0.2, -0.15) is 5.26 Å². The van der Waals surface area contributed by atoms with E-state index in [9.17, 15) is 4.79 Å². The van der Waals surface area contributed by atoms with Gasteiger partial charge in [0.1, 0.15) is 12.2 Å². The first-order valence-corrected chi connectivity index (χ1v) is 5.51. The number of ether oxygens (including phenoxy) is 1. The Labute approximate surface area is 105 Å². The third kappa shape index (κ3) is 4.33. The van der Waals surface area contributed by atoms with Gasteiger partial charge in [-0.1, -0.05) is 17.7 Å². The van der Waals surface area contributed by atoms with Gasteiger partial charge in [0.05, 0.1) is 18.2 Å². The number of rotatable bonds is 5. The summed E-state index contributed by atoms with van der Waals surface area (Å²) in [4.78, 5) is 11.0. The predicted octanol–water partition coefficient (Wildman–Crippen LogP) is 1.92. The lowest BCUT2D eigenvalue weighted by Crippen LogP contribution is -2.24. The van der Waals surface area contributed by atoms with Gasteiger partial charge in [0.25, 0.3) is 0 Å². The minimum Gasteiger partial charge on any atom is -0.495 e. The molecule has 0 aliphatic heterocycles. The molecule has 17 heavy (non-hydrogen) atoms. The summed E-state index contributed by atoms with van der Waals surface area (Å²) < 4.78 is 5.04. The summed E-state index contributed by atoms with van der Waals surface area (Å²) in [5.74, 6) is 0.371. The summed E-state index contributed by atoms with van der Waals surface area (Å²) >= 11 is 5.97. The standard InChI is InChI=1S/C12H13ClN2O2/c1-17-11-3-2-9(8-10(11)13)5-7-15-12(16)4-6-14/h2-3,8H,4-5,7H2,1H3,(H,15,16). The molecule has 1 amide bonds. The van der Waals surface area contributed by atoms with E-state index in [4.69, 9.17) is 21.6 Å². The second-order valence-electron chi connectivity index (χ2n) is 3.40. The van der Waals surface area contributed by atoms with E-state index in [-0.39, 0.29) is 12.3 Å². The topological polar surface area (TPSA) is 62.1 Å². The van der Waals surface area contributed by atoms with Gasteiger partial charge in [-0.05, 0) is 24.1 Å². The van der Waals surface area contributed by atoms with Crippen molar-refractivity contribution >= 4 is 17.5 Å². The predicted molar refractivity (Wildman–Crippen MR) is 64.9 cm³/mol. The van der Waals surface area contributed by atoms with Crippen LogP contribution in [-0.4, -0.2) is 19.6 Å². The Kier molecular flexibility index (Phi) is 5.31. The highest BCUT2D eigenvalue weighted by Gasteiger charge is 2.03. The summed E-state index contributed by atoms with van der Waals surface area (Å²) in [7, 11) is 1.56. The lowest BCUT2D eigenvalue weighted by molar-refractivity contribution is -0.120. The van der Waals surface area contributed by atoms with Crippen molar-refractivity contribution in [1.82, 2.24) is 5.32 Å². The Morgan fingerprint density at radius 3 is 2.94 bits per heavy atom. The average Bonchev–Trinajstić information content (AvgIpc) is 2.29. The highest BCUT2D eigenvalue weighted by Crippen LogP contribution is 2.24. The molecule has 0 radical (unpaired) electrons. The molecule has 0 aliphatic rings. The molecule has 0 heterocycles. The minimum absolute atomic E-state index is 0.108. The Bertz CT molecular complexity index is 441. The van der Waals surface area contributed by atoms with Crippen molar-refractivity contribution in [2.75, 3.05) is 13.7 Å². The van der Waals surface area contributed by atoms with E-state index in [0.717, 1.165) is 5.56 Å². The molecule has 1 rings (SSSR count). The molecule has 0 bridgehead atoms. The molecule has 0 fully saturated rings. The quantitative estimate of drug-likeness (QED) is 0.871. The molecule has 4 nitrogen and oxygen atoms in total. The van der Waals surface area contributed by atoms with Crippen LogP contribution in [0, 0.1) is 11.3 Å². The zero-order chi connectivity index (χ0) is 12.7. The van der Waals surface area contributed by atoms with Gasteiger partial charge < -0.3 is 10.1 Å². The number of hydrogen-bond donors (Lipinski definition) is 1. The first-order chi connectivity index (χ1) is 8.17. The fourth-order valence-corrected chi connectivity index (χ4v) is 1.63. The van der Waals surface area contributed by atoms with Crippen LogP contribution in [0.1, 0.15) is 12.0 Å². The van der Waals surface area contributed by atoms with Crippen LogP contribution in [0.4, 0.5) is 0 Å². The van der Waals surface area contributed by atoms with Gasteiger partial charge in [0, 0.05) is 6.54 Å². The molecule has 0 spiro atoms. The second-order valence-corrected chi connectivity index (χ2v) is 3.81. The largest absolute Gasteiger partial charge is 0.495 e. The van der Waals surface area contributed by atoms with Crippen molar-refractivity contribution in [2.45, 2.75) is 12.8 Å². The number of nitriles is 1. The summed E-state index contributed by atoms with van der Waals surface area (Å²) in [6.07, 6.45) is 0.560. The van der Waals surface area contributed by atoms with Crippen LogP contribution in [0.25, 0.3) is 0 Å². The van der Waals surface area contributed by atoms with Crippen molar-refractivity contribution in [3.63, 3.8) is 0 Å². The molecule has 0 aliphatic carbocycles. The second kappa shape index (κ2) is 6.77. The third-order valence-electron chi connectivity index (χ3n) is 2.19. The number of benzene rings is 1. The lowest BCUT2D eigenvalue weighted by atomic mass is 10.1. The molecular formula is C12H13ClN2O2. The summed E-state index contributed by atoms with van der Waals surface area (Å²) in [6.45, 7) is 0.489. The van der Waals surface area contributed by atoms with Crippen LogP contribution < -0.4 is 10.1 Å². The van der Waals surface area contributed by atoms with Crippen LogP contribution in [0.15, 0.2) is 18.2 Å². The number of carbonyl (C=O) groups is 1. The van der Waals surface area contributed by atoms with Crippen molar-refractivity contribution < 1.29 is 9.53 Å². The molecular weight excluding hydrogens is 240 g/mol. The molecule has 1 N–H and O–H groups in total. The third-order valence-corrected chi connectivity index (χ3v) is 2.49.